The van der Waals surface area contributed by atoms with Gasteiger partial charge < -0.3 is 10.2 Å². The van der Waals surface area contributed by atoms with Gasteiger partial charge in [-0.1, -0.05) is 12.1 Å². The minimum atomic E-state index is -0.273. The maximum atomic E-state index is 13.6. The first kappa shape index (κ1) is 23.6. The van der Waals surface area contributed by atoms with Crippen molar-refractivity contribution in [3.63, 3.8) is 0 Å². The molecule has 1 fully saturated rings. The zero-order valence-electron chi connectivity index (χ0n) is 19.6. The summed E-state index contributed by atoms with van der Waals surface area (Å²) in [5, 5.41) is 5.44. The Kier molecular flexibility index (Phi) is 6.92. The molecule has 1 atom stereocenters. The zero-order chi connectivity index (χ0) is 24.4. The first-order valence-corrected chi connectivity index (χ1v) is 12.8. The zero-order valence-corrected chi connectivity index (χ0v) is 20.4. The molecule has 182 valence electrons. The van der Waals surface area contributed by atoms with Gasteiger partial charge in [-0.2, -0.15) is 0 Å². The molecule has 1 saturated heterocycles. The lowest BCUT2D eigenvalue weighted by atomic mass is 9.85. The van der Waals surface area contributed by atoms with Crippen molar-refractivity contribution in [2.24, 2.45) is 5.92 Å². The Balaban J connectivity index is 1.25. The summed E-state index contributed by atoms with van der Waals surface area (Å²) in [7, 11) is 0. The molecule has 1 N–H and O–H groups in total. The third kappa shape index (κ3) is 5.28. The highest BCUT2D eigenvalue weighted by molar-refractivity contribution is 7.15. The highest BCUT2D eigenvalue weighted by atomic mass is 32.1. The molecule has 1 aliphatic heterocycles. The molecule has 8 heteroatoms. The Morgan fingerprint density at radius 3 is 2.40 bits per heavy atom. The van der Waals surface area contributed by atoms with Gasteiger partial charge in [0.25, 0.3) is 5.56 Å². The Morgan fingerprint density at radius 1 is 1.06 bits per heavy atom. The summed E-state index contributed by atoms with van der Waals surface area (Å²) in [6.45, 7) is 4.56. The van der Waals surface area contributed by atoms with Gasteiger partial charge in [-0.05, 0) is 87.2 Å². The van der Waals surface area contributed by atoms with Crippen LogP contribution in [0.3, 0.4) is 0 Å². The summed E-state index contributed by atoms with van der Waals surface area (Å²) in [6.07, 6.45) is 4.40. The molecule has 35 heavy (non-hydrogen) atoms. The van der Waals surface area contributed by atoms with Crippen LogP contribution in [0.2, 0.25) is 0 Å². The molecular weight excluding hydrogens is 466 g/mol. The summed E-state index contributed by atoms with van der Waals surface area (Å²) in [5.74, 6) is -0.186. The minimum Gasteiger partial charge on any atom is -0.378 e. The number of likely N-dealkylation sites (tertiary alicyclic amines) is 1. The number of fused-ring (bicyclic) bond motifs is 1. The van der Waals surface area contributed by atoms with Crippen LogP contribution in [-0.4, -0.2) is 33.9 Å². The maximum absolute atomic E-state index is 13.6. The second kappa shape index (κ2) is 10.3. The molecule has 2 aromatic heterocycles. The molecule has 0 aliphatic carbocycles. The van der Waals surface area contributed by atoms with Crippen molar-refractivity contribution in [1.82, 2.24) is 14.3 Å². The Morgan fingerprint density at radius 2 is 1.71 bits per heavy atom. The summed E-state index contributed by atoms with van der Waals surface area (Å²) < 4.78 is 28.6. The van der Waals surface area contributed by atoms with Crippen LogP contribution >= 0.6 is 11.3 Å². The lowest BCUT2D eigenvalue weighted by Crippen LogP contribution is -2.38. The monoisotopic (exact) mass is 494 g/mol. The fourth-order valence-corrected chi connectivity index (χ4v) is 5.71. The molecule has 0 bridgehead atoms. The number of aromatic nitrogens is 2. The molecular formula is C27H28F2N4OS. The molecule has 4 aromatic rings. The molecule has 1 aliphatic rings. The second-order valence-corrected chi connectivity index (χ2v) is 10.0. The lowest BCUT2D eigenvalue weighted by Gasteiger charge is -2.37. The van der Waals surface area contributed by atoms with Gasteiger partial charge in [0.05, 0.1) is 6.04 Å². The smallest absolute Gasteiger partial charge is 0.261 e. The molecule has 0 spiro atoms. The van der Waals surface area contributed by atoms with E-state index in [9.17, 15) is 13.6 Å². The fraction of sp³-hybridized carbons (Fsp3) is 0.333. The molecule has 0 amide bonds. The number of nitrogens with zero attached hydrogens (tertiary/aromatic N) is 3. The number of benzene rings is 2. The second-order valence-electron chi connectivity index (χ2n) is 9.15. The van der Waals surface area contributed by atoms with Gasteiger partial charge in [-0.15, -0.1) is 11.3 Å². The molecule has 0 radical (unpaired) electrons. The topological polar surface area (TPSA) is 49.6 Å². The number of piperidine rings is 1. The van der Waals surface area contributed by atoms with E-state index in [0.29, 0.717) is 12.3 Å². The average Bonchev–Trinajstić information content (AvgIpc) is 3.33. The predicted octanol–water partition coefficient (Wildman–Crippen LogP) is 5.45. The van der Waals surface area contributed by atoms with E-state index in [0.717, 1.165) is 59.9 Å². The molecule has 5 rings (SSSR count). The van der Waals surface area contributed by atoms with E-state index in [1.54, 1.807) is 22.7 Å². The van der Waals surface area contributed by atoms with Crippen LogP contribution in [0.25, 0.3) is 4.96 Å². The van der Waals surface area contributed by atoms with Gasteiger partial charge in [-0.25, -0.2) is 13.8 Å². The SMILES string of the molecule is Cc1nc2sccn2c(=O)c1CCN1CCC(C(Nc2ccc(F)cc2)c2ccc(F)cc2)CC1. The molecule has 0 saturated carbocycles. The minimum absolute atomic E-state index is 0.000276. The summed E-state index contributed by atoms with van der Waals surface area (Å²) in [4.78, 5) is 20.6. The average molecular weight is 495 g/mol. The van der Waals surface area contributed by atoms with E-state index in [1.165, 1.54) is 35.6 Å². The van der Waals surface area contributed by atoms with Gasteiger partial charge in [0.15, 0.2) is 4.96 Å². The standard InChI is InChI=1S/C27H28F2N4OS/c1-18-24(26(34)33-16-17-35-27(33)30-18)12-15-32-13-10-20(11-14-32)25(19-2-4-21(28)5-3-19)31-23-8-6-22(29)7-9-23/h2-9,16-17,20,25,31H,10-15H2,1H3. The molecule has 2 aromatic carbocycles. The third-order valence-electron chi connectivity index (χ3n) is 6.94. The number of hydrogen-bond donors (Lipinski definition) is 1. The maximum Gasteiger partial charge on any atom is 0.261 e. The van der Waals surface area contributed by atoms with E-state index in [-0.39, 0.29) is 23.2 Å². The normalized spacial score (nSPS) is 16.0. The van der Waals surface area contributed by atoms with E-state index in [2.05, 4.69) is 15.2 Å². The van der Waals surface area contributed by atoms with Crippen LogP contribution in [0.15, 0.2) is 64.9 Å². The quantitative estimate of drug-likeness (QED) is 0.371. The lowest BCUT2D eigenvalue weighted by molar-refractivity contribution is 0.174. The van der Waals surface area contributed by atoms with Crippen LogP contribution in [0.4, 0.5) is 14.5 Å². The van der Waals surface area contributed by atoms with Crippen LogP contribution in [-0.2, 0) is 6.42 Å². The van der Waals surface area contributed by atoms with Gasteiger partial charge in [-0.3, -0.25) is 9.20 Å². The van der Waals surface area contributed by atoms with Crippen molar-refractivity contribution in [2.75, 3.05) is 25.0 Å². The summed E-state index contributed by atoms with van der Waals surface area (Å²) >= 11 is 1.47. The van der Waals surface area contributed by atoms with E-state index in [4.69, 9.17) is 0 Å². The number of halogens is 2. The first-order chi connectivity index (χ1) is 17.0. The predicted molar refractivity (Wildman–Crippen MR) is 136 cm³/mol. The number of anilines is 1. The number of hydrogen-bond acceptors (Lipinski definition) is 5. The highest BCUT2D eigenvalue weighted by Gasteiger charge is 2.28. The van der Waals surface area contributed by atoms with Crippen LogP contribution in [0, 0.1) is 24.5 Å². The largest absolute Gasteiger partial charge is 0.378 e. The Labute approximate surface area is 207 Å². The van der Waals surface area contributed by atoms with E-state index < -0.39 is 0 Å². The van der Waals surface area contributed by atoms with Crippen molar-refractivity contribution in [2.45, 2.75) is 32.2 Å². The van der Waals surface area contributed by atoms with Crippen molar-refractivity contribution in [1.29, 1.82) is 0 Å². The van der Waals surface area contributed by atoms with Gasteiger partial charge in [0.2, 0.25) is 0 Å². The Bertz CT molecular complexity index is 1340. The van der Waals surface area contributed by atoms with Crippen molar-refractivity contribution < 1.29 is 8.78 Å². The number of nitrogens with one attached hydrogen (secondary N) is 1. The summed E-state index contributed by atoms with van der Waals surface area (Å²) in [6, 6.07) is 13.0. The van der Waals surface area contributed by atoms with Gasteiger partial charge in [0, 0.05) is 35.1 Å². The van der Waals surface area contributed by atoms with Crippen molar-refractivity contribution in [3.05, 3.63) is 98.9 Å². The Hall–Kier alpha value is -3.10. The molecule has 1 unspecified atom stereocenters. The number of aryl methyl sites for hydroxylation is 1. The third-order valence-corrected chi connectivity index (χ3v) is 7.70. The van der Waals surface area contributed by atoms with Crippen molar-refractivity contribution >= 4 is 22.0 Å². The van der Waals surface area contributed by atoms with Crippen LogP contribution < -0.4 is 10.9 Å². The van der Waals surface area contributed by atoms with Crippen LogP contribution in [0.5, 0.6) is 0 Å². The van der Waals surface area contributed by atoms with Gasteiger partial charge in [0.1, 0.15) is 11.6 Å². The molecule has 5 nitrogen and oxygen atoms in total. The first-order valence-electron chi connectivity index (χ1n) is 11.9. The highest BCUT2D eigenvalue weighted by Crippen LogP contribution is 2.34. The molecule has 3 heterocycles. The van der Waals surface area contributed by atoms with Gasteiger partial charge >= 0.3 is 0 Å². The number of thiazole rings is 1. The van der Waals surface area contributed by atoms with Crippen LogP contribution in [0.1, 0.15) is 35.7 Å². The van der Waals surface area contributed by atoms with E-state index >= 15 is 0 Å². The fourth-order valence-electron chi connectivity index (χ4n) is 4.96. The number of rotatable bonds is 7. The van der Waals surface area contributed by atoms with E-state index in [1.807, 2.05) is 24.4 Å². The van der Waals surface area contributed by atoms with Crippen molar-refractivity contribution in [3.8, 4) is 0 Å². The summed E-state index contributed by atoms with van der Waals surface area (Å²) in [5.41, 5.74) is 3.49.